The lowest BCUT2D eigenvalue weighted by atomic mass is 9.84. The van der Waals surface area contributed by atoms with E-state index in [4.69, 9.17) is 9.97 Å². The molecule has 2 unspecified atom stereocenters. The van der Waals surface area contributed by atoms with Gasteiger partial charge in [0, 0.05) is 16.4 Å². The van der Waals surface area contributed by atoms with Crippen molar-refractivity contribution < 1.29 is 0 Å². The van der Waals surface area contributed by atoms with Crippen molar-refractivity contribution in [2.75, 3.05) is 0 Å². The van der Waals surface area contributed by atoms with Crippen LogP contribution in [0.25, 0.3) is 11.6 Å². The number of nitrogens with zero attached hydrogens (tertiary/aromatic N) is 6. The lowest BCUT2D eigenvalue weighted by Gasteiger charge is -2.25. The minimum absolute atomic E-state index is 0.504. The molecule has 0 radical (unpaired) electrons. The maximum atomic E-state index is 9.63. The number of aryl methyl sites for hydroxylation is 1. The molecule has 0 amide bonds. The van der Waals surface area contributed by atoms with Gasteiger partial charge in [0.25, 0.3) is 0 Å². The molecule has 0 spiro atoms. The molecule has 0 saturated heterocycles. The van der Waals surface area contributed by atoms with Crippen molar-refractivity contribution >= 4 is 41.7 Å². The predicted molar refractivity (Wildman–Crippen MR) is 144 cm³/mol. The molecule has 0 aliphatic rings. The summed E-state index contributed by atoms with van der Waals surface area (Å²) >= 11 is 2.38. The van der Waals surface area contributed by atoms with E-state index in [9.17, 15) is 10.5 Å². The first-order valence-corrected chi connectivity index (χ1v) is 15.9. The van der Waals surface area contributed by atoms with E-state index in [0.717, 1.165) is 22.5 Å². The maximum Gasteiger partial charge on any atom is 0.138 e. The second-order valence-electron chi connectivity index (χ2n) is 8.03. The maximum absolute atomic E-state index is 9.63. The van der Waals surface area contributed by atoms with Crippen LogP contribution in [0.2, 0.25) is 0 Å². The van der Waals surface area contributed by atoms with Crippen molar-refractivity contribution in [2.24, 2.45) is 0 Å². The van der Waals surface area contributed by atoms with Gasteiger partial charge < -0.3 is 0 Å². The van der Waals surface area contributed by atoms with Gasteiger partial charge in [0.1, 0.15) is 35.2 Å². The van der Waals surface area contributed by atoms with Crippen LogP contribution < -0.4 is 5.44 Å². The summed E-state index contributed by atoms with van der Waals surface area (Å²) < 4.78 is 3.79. The summed E-state index contributed by atoms with van der Waals surface area (Å²) in [5.41, 5.74) is 4.30. The largest absolute Gasteiger partial charge is 0.290 e. The number of aromatic nitrogens is 4. The fourth-order valence-corrected chi connectivity index (χ4v) is 6.13. The van der Waals surface area contributed by atoms with Gasteiger partial charge in [-0.05, 0) is 91.3 Å². The minimum Gasteiger partial charge on any atom is -0.290 e. The Morgan fingerprint density at radius 2 is 1.36 bits per heavy atom. The van der Waals surface area contributed by atoms with Crippen molar-refractivity contribution in [2.45, 2.75) is 26.2 Å². The third-order valence-corrected chi connectivity index (χ3v) is 8.66. The molecule has 0 bridgehead atoms. The van der Waals surface area contributed by atoms with Gasteiger partial charge in [-0.1, -0.05) is 21.1 Å². The summed E-state index contributed by atoms with van der Waals surface area (Å²) in [5, 5.41) is 18.6. The lowest BCUT2D eigenvalue weighted by Crippen LogP contribution is -2.24. The van der Waals surface area contributed by atoms with Crippen LogP contribution in [0.3, 0.4) is 0 Å². The molecule has 33 heavy (non-hydrogen) atoms. The molecule has 9 heteroatoms. The van der Waals surface area contributed by atoms with Gasteiger partial charge in [0.05, 0.1) is 16.8 Å². The monoisotopic (exact) mass is 582 g/mol. The zero-order chi connectivity index (χ0) is 23.8. The van der Waals surface area contributed by atoms with Crippen molar-refractivity contribution in [1.29, 1.82) is 10.5 Å². The number of halogens is 1. The van der Waals surface area contributed by atoms with Gasteiger partial charge in [-0.25, -0.2) is 9.97 Å². The number of hydrogen-bond acceptors (Lipinski definition) is 4. The van der Waals surface area contributed by atoms with Crippen molar-refractivity contribution in [3.63, 3.8) is 0 Å². The Labute approximate surface area is 209 Å². The summed E-state index contributed by atoms with van der Waals surface area (Å²) in [6, 6.07) is 23.8. The molecular formula is C24H21IN6P2. The van der Waals surface area contributed by atoms with E-state index >= 15 is 0 Å². The van der Waals surface area contributed by atoms with E-state index in [1.165, 1.54) is 0 Å². The fraction of sp³-hybridized carbons (Fsp3) is 0.167. The molecule has 164 valence electrons. The summed E-state index contributed by atoms with van der Waals surface area (Å²) in [4.78, 5) is 9.89. The van der Waals surface area contributed by atoms with Crippen molar-refractivity contribution in [3.05, 3.63) is 89.1 Å². The number of nitriles is 2. The Morgan fingerprint density at radius 3 is 1.91 bits per heavy atom. The lowest BCUT2D eigenvalue weighted by molar-refractivity contribution is 0.591. The van der Waals surface area contributed by atoms with E-state index in [1.54, 1.807) is 6.07 Å². The molecule has 0 saturated carbocycles. The van der Waals surface area contributed by atoms with E-state index in [2.05, 4.69) is 57.0 Å². The molecule has 4 heterocycles. The Morgan fingerprint density at radius 1 is 0.848 bits per heavy atom. The number of rotatable bonds is 5. The van der Waals surface area contributed by atoms with Crippen LogP contribution in [-0.4, -0.2) is 19.1 Å². The van der Waals surface area contributed by atoms with Gasteiger partial charge in [-0.2, -0.15) is 10.5 Å². The fourth-order valence-electron chi connectivity index (χ4n) is 3.77. The highest BCUT2D eigenvalue weighted by Gasteiger charge is 2.28. The zero-order valence-corrected chi connectivity index (χ0v) is 22.6. The van der Waals surface area contributed by atoms with Crippen LogP contribution >= 0.6 is 36.2 Å². The van der Waals surface area contributed by atoms with Crippen LogP contribution in [0, 0.1) is 29.6 Å². The zero-order valence-electron chi connectivity index (χ0n) is 18.4. The quantitative estimate of drug-likeness (QED) is 0.224. The van der Waals surface area contributed by atoms with Crippen LogP contribution in [0.4, 0.5) is 0 Å². The average molecular weight is 582 g/mol. The third-order valence-electron chi connectivity index (χ3n) is 5.59. The van der Waals surface area contributed by atoms with Gasteiger partial charge in [0.15, 0.2) is 0 Å². The Kier molecular flexibility index (Phi) is 6.68. The Hall–Kier alpha value is -2.57. The first kappa shape index (κ1) is 23.6. The molecule has 0 aromatic carbocycles. The molecule has 2 atom stereocenters. The molecule has 0 aliphatic heterocycles. The van der Waals surface area contributed by atoms with Gasteiger partial charge >= 0.3 is 0 Å². The highest BCUT2D eigenvalue weighted by Crippen LogP contribution is 2.52. The highest BCUT2D eigenvalue weighted by atomic mass is 127. The molecule has 6 nitrogen and oxygen atoms in total. The highest BCUT2D eigenvalue weighted by molar-refractivity contribution is 14.2. The van der Waals surface area contributed by atoms with Crippen LogP contribution in [-0.2, 0) is 5.41 Å². The van der Waals surface area contributed by atoms with Crippen molar-refractivity contribution in [3.8, 4) is 23.8 Å². The second-order valence-corrected chi connectivity index (χ2v) is 16.9. The van der Waals surface area contributed by atoms with Gasteiger partial charge in [-0.3, -0.25) is 9.13 Å². The molecule has 4 aromatic rings. The molecule has 4 rings (SSSR count). The Bertz CT molecular complexity index is 1420. The summed E-state index contributed by atoms with van der Waals surface area (Å²) in [6.45, 7) is 6.13. The van der Waals surface area contributed by atoms with E-state index in [0.29, 0.717) is 23.0 Å². The van der Waals surface area contributed by atoms with Crippen molar-refractivity contribution in [1.82, 2.24) is 19.1 Å². The van der Waals surface area contributed by atoms with Gasteiger partial charge in [0.2, 0.25) is 0 Å². The first-order valence-electron chi connectivity index (χ1n) is 10.1. The molecule has 0 N–H and O–H groups in total. The molecular weight excluding hydrogens is 561 g/mol. The standard InChI is InChI=1S/C24H21IN6P2/c1-16-10-11-17(14-26)30(16)21-8-4-6-19(28-21)24(2,3)20-7-5-9-22(29-20)31-18(15-27)12-13-23(31)33(25)32/h4-13H,32H2,1-3H3. The molecule has 0 aliphatic carbocycles. The Balaban J connectivity index is 1.81. The smallest absolute Gasteiger partial charge is 0.138 e. The summed E-state index contributed by atoms with van der Waals surface area (Å²) in [7, 11) is 2.83. The molecule has 4 aromatic heterocycles. The van der Waals surface area contributed by atoms with E-state index in [1.807, 2.05) is 70.7 Å². The molecule has 0 fully saturated rings. The van der Waals surface area contributed by atoms with Gasteiger partial charge in [-0.15, -0.1) is 0 Å². The topological polar surface area (TPSA) is 83.2 Å². The number of pyridine rings is 2. The summed E-state index contributed by atoms with van der Waals surface area (Å²) in [6.07, 6.45) is 0. The average Bonchev–Trinajstić information content (AvgIpc) is 3.42. The van der Waals surface area contributed by atoms with Crippen LogP contribution in [0.1, 0.15) is 42.3 Å². The van der Waals surface area contributed by atoms with E-state index < -0.39 is 10.7 Å². The minimum atomic E-state index is -0.523. The predicted octanol–water partition coefficient (Wildman–Crippen LogP) is 5.68. The number of hydrogen-bond donors (Lipinski definition) is 0. The van der Waals surface area contributed by atoms with Crippen LogP contribution in [0.5, 0.6) is 0 Å². The summed E-state index contributed by atoms with van der Waals surface area (Å²) in [5.74, 6) is 1.42. The first-order chi connectivity index (χ1) is 15.8. The van der Waals surface area contributed by atoms with Crippen LogP contribution in [0.15, 0.2) is 60.7 Å². The second kappa shape index (κ2) is 9.35. The van der Waals surface area contributed by atoms with E-state index in [-0.39, 0.29) is 0 Å². The normalized spacial score (nSPS) is 12.2. The third kappa shape index (κ3) is 4.34. The SMILES string of the molecule is Cc1ccc(C#N)n1-c1cccc(C(C)(C)c2cccc(-n3c(C#N)ccc3P(P)I)n2)n1.